The van der Waals surface area contributed by atoms with E-state index in [1.807, 2.05) is 18.2 Å². The van der Waals surface area contributed by atoms with E-state index in [2.05, 4.69) is 20.5 Å². The van der Waals surface area contributed by atoms with Crippen LogP contribution in [0, 0.1) is 0 Å². The number of rotatable bonds is 3. The molecule has 2 N–H and O–H groups in total. The fraction of sp³-hybridized carbons (Fsp3) is 0. The second-order valence-electron chi connectivity index (χ2n) is 5.41. The lowest BCUT2D eigenvalue weighted by atomic mass is 10.1. The Bertz CT molecular complexity index is 1110. The van der Waals surface area contributed by atoms with Crippen molar-refractivity contribution in [2.24, 2.45) is 0 Å². The zero-order valence-electron chi connectivity index (χ0n) is 13.0. The molecule has 1 amide bonds. The number of aromatic nitrogens is 4. The first-order valence-corrected chi connectivity index (χ1v) is 7.60. The molecule has 0 saturated carbocycles. The van der Waals surface area contributed by atoms with Gasteiger partial charge < -0.3 is 5.32 Å². The van der Waals surface area contributed by atoms with Crippen LogP contribution in [-0.4, -0.2) is 25.5 Å². The van der Waals surface area contributed by atoms with Crippen LogP contribution in [-0.2, 0) is 0 Å². The number of hydrogen-bond donors (Lipinski definition) is 2. The number of nitrogens with one attached hydrogen (secondary N) is 2. The van der Waals surface area contributed by atoms with Crippen molar-refractivity contribution in [2.75, 3.05) is 5.32 Å². The van der Waals surface area contributed by atoms with E-state index < -0.39 is 0 Å². The topological polar surface area (TPSA) is 92.1 Å². The van der Waals surface area contributed by atoms with Gasteiger partial charge in [0.05, 0.1) is 5.69 Å². The standard InChI is InChI=1S/C18H13N5O2/c24-17-8-7-14(21-22-17)12-3-1-4-13(11-12)20-18(25)15-5-2-6-16-19-9-10-23(15)16/h1-11H,(H,20,25)(H,22,24). The number of nitrogens with zero attached hydrogens (tertiary/aromatic N) is 3. The van der Waals surface area contributed by atoms with Crippen molar-refractivity contribution in [1.82, 2.24) is 19.6 Å². The molecular weight excluding hydrogens is 318 g/mol. The molecule has 122 valence electrons. The van der Waals surface area contributed by atoms with Crippen molar-refractivity contribution in [2.45, 2.75) is 0 Å². The van der Waals surface area contributed by atoms with Crippen LogP contribution < -0.4 is 10.9 Å². The van der Waals surface area contributed by atoms with Crippen LogP contribution in [0.25, 0.3) is 16.9 Å². The predicted octanol–water partition coefficient (Wildman–Crippen LogP) is 2.34. The number of H-pyrrole nitrogens is 1. The van der Waals surface area contributed by atoms with Gasteiger partial charge >= 0.3 is 0 Å². The molecule has 3 aromatic heterocycles. The van der Waals surface area contributed by atoms with Crippen LogP contribution in [0.3, 0.4) is 0 Å². The lowest BCUT2D eigenvalue weighted by Crippen LogP contribution is -2.15. The first-order chi connectivity index (χ1) is 12.2. The zero-order valence-corrected chi connectivity index (χ0v) is 13.0. The van der Waals surface area contributed by atoms with E-state index in [1.54, 1.807) is 47.1 Å². The third kappa shape index (κ3) is 2.90. The molecule has 0 aliphatic rings. The molecule has 0 bridgehead atoms. The summed E-state index contributed by atoms with van der Waals surface area (Å²) in [6.45, 7) is 0. The summed E-state index contributed by atoms with van der Waals surface area (Å²) in [5.41, 5.74) is 2.97. The Hall–Kier alpha value is -3.74. The lowest BCUT2D eigenvalue weighted by Gasteiger charge is -2.08. The molecule has 0 radical (unpaired) electrons. The average molecular weight is 331 g/mol. The molecule has 0 aliphatic heterocycles. The maximum atomic E-state index is 12.6. The lowest BCUT2D eigenvalue weighted by molar-refractivity contribution is 0.102. The number of amides is 1. The summed E-state index contributed by atoms with van der Waals surface area (Å²) in [5.74, 6) is -0.241. The van der Waals surface area contributed by atoms with E-state index in [9.17, 15) is 9.59 Å². The SMILES string of the molecule is O=C(Nc1cccc(-c2ccc(=O)[nH]n2)c1)c1cccc2nccn12. The Kier molecular flexibility index (Phi) is 3.59. The van der Waals surface area contributed by atoms with Crippen molar-refractivity contribution in [3.05, 3.63) is 83.0 Å². The van der Waals surface area contributed by atoms with Gasteiger partial charge in [0.25, 0.3) is 11.5 Å². The number of aromatic amines is 1. The fourth-order valence-electron chi connectivity index (χ4n) is 2.59. The number of fused-ring (bicyclic) bond motifs is 1. The highest BCUT2D eigenvalue weighted by Crippen LogP contribution is 2.20. The van der Waals surface area contributed by atoms with Crippen molar-refractivity contribution < 1.29 is 4.79 Å². The number of pyridine rings is 1. The molecule has 0 unspecified atom stereocenters. The van der Waals surface area contributed by atoms with Gasteiger partial charge in [0, 0.05) is 29.7 Å². The minimum Gasteiger partial charge on any atom is -0.321 e. The maximum absolute atomic E-state index is 12.6. The Morgan fingerprint density at radius 2 is 1.96 bits per heavy atom. The van der Waals surface area contributed by atoms with Gasteiger partial charge in [0.1, 0.15) is 11.3 Å². The highest BCUT2D eigenvalue weighted by Gasteiger charge is 2.11. The van der Waals surface area contributed by atoms with Crippen molar-refractivity contribution in [3.8, 4) is 11.3 Å². The Balaban J connectivity index is 1.64. The highest BCUT2D eigenvalue weighted by atomic mass is 16.2. The van der Waals surface area contributed by atoms with Gasteiger partial charge in [-0.2, -0.15) is 5.10 Å². The molecule has 0 atom stereocenters. The third-order valence-electron chi connectivity index (χ3n) is 3.76. The molecule has 0 spiro atoms. The Labute approximate surface area is 142 Å². The molecule has 1 aromatic carbocycles. The summed E-state index contributed by atoms with van der Waals surface area (Å²) in [7, 11) is 0. The first-order valence-electron chi connectivity index (χ1n) is 7.60. The quantitative estimate of drug-likeness (QED) is 0.603. The van der Waals surface area contributed by atoms with E-state index in [4.69, 9.17) is 0 Å². The third-order valence-corrected chi connectivity index (χ3v) is 3.76. The van der Waals surface area contributed by atoms with Gasteiger partial charge in [-0.05, 0) is 30.3 Å². The molecule has 0 saturated heterocycles. The number of carbonyl (C=O) groups excluding carboxylic acids is 1. The Morgan fingerprint density at radius 1 is 1.08 bits per heavy atom. The Morgan fingerprint density at radius 3 is 2.80 bits per heavy atom. The summed E-state index contributed by atoms with van der Waals surface area (Å²) in [5, 5.41) is 9.27. The van der Waals surface area contributed by atoms with Gasteiger partial charge in [-0.1, -0.05) is 18.2 Å². The first kappa shape index (κ1) is 14.8. The molecule has 0 aliphatic carbocycles. The number of imidazole rings is 1. The van der Waals surface area contributed by atoms with E-state index in [1.165, 1.54) is 6.07 Å². The summed E-state index contributed by atoms with van der Waals surface area (Å²) in [6.07, 6.45) is 3.39. The average Bonchev–Trinajstić information content (AvgIpc) is 3.11. The van der Waals surface area contributed by atoms with Crippen LogP contribution in [0.2, 0.25) is 0 Å². The minimum atomic E-state index is -0.262. The van der Waals surface area contributed by atoms with Crippen molar-refractivity contribution >= 4 is 17.2 Å². The van der Waals surface area contributed by atoms with Crippen LogP contribution in [0.1, 0.15) is 10.5 Å². The van der Waals surface area contributed by atoms with Crippen LogP contribution in [0.4, 0.5) is 5.69 Å². The number of benzene rings is 1. The smallest absolute Gasteiger partial charge is 0.272 e. The molecule has 4 aromatic rings. The summed E-state index contributed by atoms with van der Waals surface area (Å²) >= 11 is 0. The number of hydrogen-bond acceptors (Lipinski definition) is 4. The molecule has 7 heteroatoms. The molecule has 4 rings (SSSR count). The molecule has 0 fully saturated rings. The summed E-state index contributed by atoms with van der Waals surface area (Å²) in [6, 6.07) is 15.7. The van der Waals surface area contributed by atoms with E-state index >= 15 is 0 Å². The van der Waals surface area contributed by atoms with Gasteiger partial charge in [0.2, 0.25) is 0 Å². The number of carbonyl (C=O) groups is 1. The van der Waals surface area contributed by atoms with E-state index in [0.717, 1.165) is 5.56 Å². The maximum Gasteiger partial charge on any atom is 0.272 e. The van der Waals surface area contributed by atoms with Gasteiger partial charge in [0.15, 0.2) is 0 Å². The van der Waals surface area contributed by atoms with E-state index in [-0.39, 0.29) is 11.5 Å². The molecule has 7 nitrogen and oxygen atoms in total. The minimum absolute atomic E-state index is 0.241. The van der Waals surface area contributed by atoms with Gasteiger partial charge in [-0.15, -0.1) is 0 Å². The fourth-order valence-corrected chi connectivity index (χ4v) is 2.59. The van der Waals surface area contributed by atoms with Gasteiger partial charge in [-0.25, -0.2) is 10.1 Å². The predicted molar refractivity (Wildman–Crippen MR) is 93.4 cm³/mol. The van der Waals surface area contributed by atoms with Crippen LogP contribution in [0.15, 0.2) is 71.8 Å². The molecular formula is C18H13N5O2. The van der Waals surface area contributed by atoms with Crippen molar-refractivity contribution in [1.29, 1.82) is 0 Å². The monoisotopic (exact) mass is 331 g/mol. The second kappa shape index (κ2) is 6.04. The van der Waals surface area contributed by atoms with Crippen molar-refractivity contribution in [3.63, 3.8) is 0 Å². The van der Waals surface area contributed by atoms with Crippen LogP contribution >= 0.6 is 0 Å². The van der Waals surface area contributed by atoms with Crippen LogP contribution in [0.5, 0.6) is 0 Å². The summed E-state index contributed by atoms with van der Waals surface area (Å²) < 4.78 is 1.72. The highest BCUT2D eigenvalue weighted by molar-refractivity contribution is 6.03. The van der Waals surface area contributed by atoms with E-state index in [0.29, 0.717) is 22.7 Å². The molecule has 3 heterocycles. The normalized spacial score (nSPS) is 10.7. The van der Waals surface area contributed by atoms with Gasteiger partial charge in [-0.3, -0.25) is 14.0 Å². The molecule has 25 heavy (non-hydrogen) atoms. The zero-order chi connectivity index (χ0) is 17.2. The second-order valence-corrected chi connectivity index (χ2v) is 5.41. The summed E-state index contributed by atoms with van der Waals surface area (Å²) in [4.78, 5) is 27.9. The number of anilines is 1. The largest absolute Gasteiger partial charge is 0.321 e.